The number of esters is 2. The molecule has 2 aliphatic rings. The van der Waals surface area contributed by atoms with E-state index in [0.717, 1.165) is 11.1 Å². The highest BCUT2D eigenvalue weighted by Crippen LogP contribution is 2.26. The fourth-order valence-corrected chi connectivity index (χ4v) is 4.73. The Morgan fingerprint density at radius 1 is 1.15 bits per heavy atom. The number of rotatable bonds is 4. The standard InChI is InChI=1S/C18H23NO6S/c1-12-3-4-15(11-13(12)2)26(22,23)19-8-5-14(6-9-19)17(20)25-16-7-10-24-18(16)21/h3-4,11,14,16H,5-10H2,1-2H3/t16-/m1/s1. The fourth-order valence-electron chi connectivity index (χ4n) is 3.18. The van der Waals surface area contributed by atoms with Crippen molar-refractivity contribution in [2.45, 2.75) is 44.1 Å². The van der Waals surface area contributed by atoms with Gasteiger partial charge in [-0.1, -0.05) is 6.07 Å². The van der Waals surface area contributed by atoms with Crippen molar-refractivity contribution in [2.75, 3.05) is 19.7 Å². The first-order chi connectivity index (χ1) is 12.3. The summed E-state index contributed by atoms with van der Waals surface area (Å²) in [5.74, 6) is -1.35. The van der Waals surface area contributed by atoms with Gasteiger partial charge in [0.2, 0.25) is 16.1 Å². The van der Waals surface area contributed by atoms with Crippen LogP contribution < -0.4 is 0 Å². The molecule has 0 amide bonds. The molecule has 2 heterocycles. The summed E-state index contributed by atoms with van der Waals surface area (Å²) < 4.78 is 37.0. The van der Waals surface area contributed by atoms with Gasteiger partial charge in [0, 0.05) is 19.5 Å². The third-order valence-electron chi connectivity index (χ3n) is 5.05. The molecule has 0 aromatic heterocycles. The molecule has 2 saturated heterocycles. The van der Waals surface area contributed by atoms with E-state index in [1.54, 1.807) is 18.2 Å². The van der Waals surface area contributed by atoms with Gasteiger partial charge in [-0.3, -0.25) is 4.79 Å². The van der Waals surface area contributed by atoms with Crippen LogP contribution in [0.2, 0.25) is 0 Å². The van der Waals surface area contributed by atoms with Crippen molar-refractivity contribution < 1.29 is 27.5 Å². The van der Waals surface area contributed by atoms with Crippen molar-refractivity contribution in [1.29, 1.82) is 0 Å². The molecule has 1 atom stereocenters. The van der Waals surface area contributed by atoms with E-state index in [-0.39, 0.29) is 24.6 Å². The second kappa shape index (κ2) is 7.36. The second-order valence-corrected chi connectivity index (χ2v) is 8.74. The van der Waals surface area contributed by atoms with Crippen LogP contribution in [0.4, 0.5) is 0 Å². The smallest absolute Gasteiger partial charge is 0.347 e. The van der Waals surface area contributed by atoms with Crippen LogP contribution in [-0.4, -0.2) is 50.5 Å². The number of hydrogen-bond acceptors (Lipinski definition) is 6. The van der Waals surface area contributed by atoms with Crippen molar-refractivity contribution in [3.8, 4) is 0 Å². The van der Waals surface area contributed by atoms with E-state index in [1.807, 2.05) is 13.8 Å². The molecule has 2 fully saturated rings. The molecule has 0 aliphatic carbocycles. The van der Waals surface area contributed by atoms with Crippen LogP contribution in [0.15, 0.2) is 23.1 Å². The lowest BCUT2D eigenvalue weighted by Gasteiger charge is -2.30. The number of piperidine rings is 1. The van der Waals surface area contributed by atoms with Crippen LogP contribution in [0.25, 0.3) is 0 Å². The molecule has 142 valence electrons. The maximum absolute atomic E-state index is 12.8. The number of carbonyl (C=O) groups excluding carboxylic acids is 2. The highest BCUT2D eigenvalue weighted by Gasteiger charge is 2.36. The zero-order chi connectivity index (χ0) is 18.9. The fraction of sp³-hybridized carbons (Fsp3) is 0.556. The molecule has 0 spiro atoms. The molecule has 7 nitrogen and oxygen atoms in total. The van der Waals surface area contributed by atoms with E-state index in [2.05, 4.69) is 0 Å². The number of cyclic esters (lactones) is 1. The predicted molar refractivity (Wildman–Crippen MR) is 92.9 cm³/mol. The number of sulfonamides is 1. The number of hydrogen-bond donors (Lipinski definition) is 0. The van der Waals surface area contributed by atoms with Gasteiger partial charge in [0.25, 0.3) is 0 Å². The largest absolute Gasteiger partial charge is 0.463 e. The Labute approximate surface area is 153 Å². The Kier molecular flexibility index (Phi) is 5.34. The van der Waals surface area contributed by atoms with Crippen LogP contribution in [0.1, 0.15) is 30.4 Å². The Morgan fingerprint density at radius 2 is 1.85 bits per heavy atom. The van der Waals surface area contributed by atoms with Crippen molar-refractivity contribution in [3.05, 3.63) is 29.3 Å². The maximum atomic E-state index is 12.8. The van der Waals surface area contributed by atoms with Crippen molar-refractivity contribution in [1.82, 2.24) is 4.31 Å². The van der Waals surface area contributed by atoms with E-state index < -0.39 is 34.0 Å². The van der Waals surface area contributed by atoms with Gasteiger partial charge in [0.1, 0.15) is 0 Å². The number of carbonyl (C=O) groups is 2. The minimum atomic E-state index is -3.57. The van der Waals surface area contributed by atoms with Crippen LogP contribution in [0.3, 0.4) is 0 Å². The Bertz CT molecular complexity index is 811. The molecule has 8 heteroatoms. The molecule has 26 heavy (non-hydrogen) atoms. The summed E-state index contributed by atoms with van der Waals surface area (Å²) in [7, 11) is -3.57. The Balaban J connectivity index is 1.61. The average molecular weight is 381 g/mol. The molecule has 0 N–H and O–H groups in total. The SMILES string of the molecule is Cc1ccc(S(=O)(=O)N2CCC(C(=O)O[C@@H]3CCOC3=O)CC2)cc1C. The van der Waals surface area contributed by atoms with Crippen LogP contribution >= 0.6 is 0 Å². The summed E-state index contributed by atoms with van der Waals surface area (Å²) in [5, 5.41) is 0. The van der Waals surface area contributed by atoms with Crippen LogP contribution in [0.5, 0.6) is 0 Å². The van der Waals surface area contributed by atoms with Gasteiger partial charge in [-0.05, 0) is 49.9 Å². The van der Waals surface area contributed by atoms with Gasteiger partial charge in [-0.15, -0.1) is 0 Å². The van der Waals surface area contributed by atoms with Crippen molar-refractivity contribution >= 4 is 22.0 Å². The number of ether oxygens (including phenoxy) is 2. The van der Waals surface area contributed by atoms with Crippen molar-refractivity contribution in [3.63, 3.8) is 0 Å². The van der Waals surface area contributed by atoms with E-state index in [9.17, 15) is 18.0 Å². The number of nitrogens with zero attached hydrogens (tertiary/aromatic N) is 1. The molecular formula is C18H23NO6S. The summed E-state index contributed by atoms with van der Waals surface area (Å²) in [5.41, 5.74) is 1.96. The predicted octanol–water partition coefficient (Wildman–Crippen LogP) is 1.56. The normalized spacial score (nSPS) is 22.2. The quantitative estimate of drug-likeness (QED) is 0.736. The van der Waals surface area contributed by atoms with E-state index in [0.29, 0.717) is 19.3 Å². The highest BCUT2D eigenvalue weighted by atomic mass is 32.2. The van der Waals surface area contributed by atoms with Crippen LogP contribution in [-0.2, 0) is 29.1 Å². The molecule has 0 saturated carbocycles. The van der Waals surface area contributed by atoms with Gasteiger partial charge in [-0.25, -0.2) is 13.2 Å². The lowest BCUT2D eigenvalue weighted by atomic mass is 9.98. The molecule has 0 unspecified atom stereocenters. The zero-order valence-electron chi connectivity index (χ0n) is 14.9. The monoisotopic (exact) mass is 381 g/mol. The first-order valence-corrected chi connectivity index (χ1v) is 10.2. The maximum Gasteiger partial charge on any atom is 0.347 e. The molecule has 2 aliphatic heterocycles. The van der Waals surface area contributed by atoms with Gasteiger partial charge in [0.15, 0.2) is 0 Å². The number of benzene rings is 1. The third kappa shape index (κ3) is 3.76. The van der Waals surface area contributed by atoms with Gasteiger partial charge in [-0.2, -0.15) is 4.31 Å². The molecule has 1 aromatic rings. The molecule has 3 rings (SSSR count). The highest BCUT2D eigenvalue weighted by molar-refractivity contribution is 7.89. The minimum Gasteiger partial charge on any atom is -0.463 e. The zero-order valence-corrected chi connectivity index (χ0v) is 15.8. The van der Waals surface area contributed by atoms with Crippen LogP contribution in [0, 0.1) is 19.8 Å². The van der Waals surface area contributed by atoms with E-state index in [4.69, 9.17) is 9.47 Å². The summed E-state index contributed by atoms with van der Waals surface area (Å²) in [6, 6.07) is 5.09. The summed E-state index contributed by atoms with van der Waals surface area (Å²) >= 11 is 0. The minimum absolute atomic E-state index is 0.254. The molecule has 0 radical (unpaired) electrons. The molecule has 0 bridgehead atoms. The second-order valence-electron chi connectivity index (χ2n) is 6.81. The third-order valence-corrected chi connectivity index (χ3v) is 6.94. The molecule has 1 aromatic carbocycles. The first kappa shape index (κ1) is 18.8. The summed E-state index contributed by atoms with van der Waals surface area (Å²) in [6.07, 6.45) is 0.319. The first-order valence-electron chi connectivity index (χ1n) is 8.73. The lowest BCUT2D eigenvalue weighted by Crippen LogP contribution is -2.41. The van der Waals surface area contributed by atoms with Crippen molar-refractivity contribution in [2.24, 2.45) is 5.92 Å². The van der Waals surface area contributed by atoms with E-state index in [1.165, 1.54) is 4.31 Å². The molecular weight excluding hydrogens is 358 g/mol. The van der Waals surface area contributed by atoms with Gasteiger partial charge >= 0.3 is 11.9 Å². The van der Waals surface area contributed by atoms with E-state index >= 15 is 0 Å². The van der Waals surface area contributed by atoms with Gasteiger partial charge < -0.3 is 9.47 Å². The topological polar surface area (TPSA) is 90.0 Å². The average Bonchev–Trinajstić information content (AvgIpc) is 3.02. The van der Waals surface area contributed by atoms with Gasteiger partial charge in [0.05, 0.1) is 17.4 Å². The lowest BCUT2D eigenvalue weighted by molar-refractivity contribution is -0.164. The number of aryl methyl sites for hydroxylation is 2. The Morgan fingerprint density at radius 3 is 2.42 bits per heavy atom. The summed E-state index contributed by atoms with van der Waals surface area (Å²) in [4.78, 5) is 23.9. The summed E-state index contributed by atoms with van der Waals surface area (Å²) in [6.45, 7) is 4.59. The Hall–Kier alpha value is -1.93.